The third kappa shape index (κ3) is 4.71. The Morgan fingerprint density at radius 3 is 1.50 bits per heavy atom. The third-order valence-corrected chi connectivity index (χ3v) is 8.17. The van der Waals surface area contributed by atoms with E-state index in [1.807, 2.05) is 12.4 Å². The van der Waals surface area contributed by atoms with Crippen molar-refractivity contribution < 1.29 is 0 Å². The number of nitrogens with zero attached hydrogens (tertiary/aromatic N) is 4. The van der Waals surface area contributed by atoms with Crippen molar-refractivity contribution in [1.82, 2.24) is 14.5 Å². The summed E-state index contributed by atoms with van der Waals surface area (Å²) in [6.45, 7) is 5.25. The summed E-state index contributed by atoms with van der Waals surface area (Å²) < 4.78 is 5.02. The van der Waals surface area contributed by atoms with Gasteiger partial charge in [-0.05, 0) is 66.8 Å². The Labute approximate surface area is 234 Å². The first-order valence-electron chi connectivity index (χ1n) is 14.6. The van der Waals surface area contributed by atoms with Crippen molar-refractivity contribution >= 4 is 56.0 Å². The summed E-state index contributed by atoms with van der Waals surface area (Å²) in [6, 6.07) is 31.2. The lowest BCUT2D eigenvalue weighted by Gasteiger charge is -2.10. The molecule has 5 heteroatoms. The first-order valence-corrected chi connectivity index (χ1v) is 14.6. The molecule has 6 aromatic rings. The molecule has 40 heavy (non-hydrogen) atoms. The fourth-order valence-electron chi connectivity index (χ4n) is 6.25. The summed E-state index contributed by atoms with van der Waals surface area (Å²) in [7, 11) is 0. The molecule has 0 spiro atoms. The van der Waals surface area contributed by atoms with Gasteiger partial charge in [-0.3, -0.25) is 9.98 Å². The Hall–Kier alpha value is -4.22. The third-order valence-electron chi connectivity index (χ3n) is 8.17. The smallest absolute Gasteiger partial charge is 0.0514 e. The fraction of sp³-hybridized carbons (Fsp3) is 0.257. The molecule has 0 fully saturated rings. The maximum Gasteiger partial charge on any atom is 0.0514 e. The minimum atomic E-state index is 0.754. The van der Waals surface area contributed by atoms with E-state index in [4.69, 9.17) is 0 Å². The lowest BCUT2D eigenvalue weighted by molar-refractivity contribution is 0.570. The maximum atomic E-state index is 4.68. The second kappa shape index (κ2) is 11.1. The zero-order valence-corrected chi connectivity index (χ0v) is 22.9. The maximum absolute atomic E-state index is 4.68. The Morgan fingerprint density at radius 1 is 0.500 bits per heavy atom. The molecule has 0 saturated heterocycles. The highest BCUT2D eigenvalue weighted by atomic mass is 15.0. The number of benzene rings is 4. The van der Waals surface area contributed by atoms with Gasteiger partial charge in [-0.25, -0.2) is 0 Å². The molecule has 200 valence electrons. The molecule has 1 N–H and O–H groups in total. The topological polar surface area (TPSA) is 46.6 Å². The SMILES string of the molecule is C1=NCCNCCN=Cc2ccc3c(c2)c2ccccc2n3CCCCCn2c3ccccc3c3cc1ccc32. The second-order valence-electron chi connectivity index (χ2n) is 10.8. The Kier molecular flexibility index (Phi) is 6.88. The molecular weight excluding hydrogens is 490 g/mol. The van der Waals surface area contributed by atoms with E-state index in [-0.39, 0.29) is 0 Å². The molecular formula is C35H35N5. The lowest BCUT2D eigenvalue weighted by Crippen LogP contribution is -2.20. The highest BCUT2D eigenvalue weighted by Gasteiger charge is 2.12. The van der Waals surface area contributed by atoms with Crippen LogP contribution in [-0.4, -0.2) is 47.7 Å². The van der Waals surface area contributed by atoms with Gasteiger partial charge in [0.15, 0.2) is 0 Å². The van der Waals surface area contributed by atoms with Crippen LogP contribution >= 0.6 is 0 Å². The van der Waals surface area contributed by atoms with Gasteiger partial charge in [-0.15, -0.1) is 0 Å². The van der Waals surface area contributed by atoms with Crippen LogP contribution in [0.25, 0.3) is 43.6 Å². The zero-order valence-electron chi connectivity index (χ0n) is 22.9. The number of aromatic nitrogens is 2. The summed E-state index contributed by atoms with van der Waals surface area (Å²) in [6.07, 6.45) is 7.52. The molecule has 0 radical (unpaired) electrons. The van der Waals surface area contributed by atoms with E-state index in [1.54, 1.807) is 0 Å². The normalized spacial score (nSPS) is 15.8. The number of rotatable bonds is 0. The van der Waals surface area contributed by atoms with Crippen molar-refractivity contribution in [3.8, 4) is 0 Å². The Balaban J connectivity index is 1.21. The first kappa shape index (κ1) is 24.8. The van der Waals surface area contributed by atoms with Crippen LogP contribution in [0.3, 0.4) is 0 Å². The summed E-state index contributed by atoms with van der Waals surface area (Å²) in [4.78, 5) is 9.36. The molecule has 0 aliphatic carbocycles. The number of para-hydroxylation sites is 2. The summed E-state index contributed by atoms with van der Waals surface area (Å²) in [5.74, 6) is 0. The van der Waals surface area contributed by atoms with Crippen molar-refractivity contribution in [2.75, 3.05) is 26.2 Å². The first-order chi connectivity index (χ1) is 19.9. The molecule has 4 aliphatic heterocycles. The van der Waals surface area contributed by atoms with Gasteiger partial charge in [-0.1, -0.05) is 48.5 Å². The minimum Gasteiger partial charge on any atom is -0.340 e. The van der Waals surface area contributed by atoms with Gasteiger partial charge in [-0.2, -0.15) is 0 Å². The average molecular weight is 526 g/mol. The zero-order chi connectivity index (χ0) is 26.7. The van der Waals surface area contributed by atoms with Crippen LogP contribution in [0.1, 0.15) is 30.4 Å². The summed E-state index contributed by atoms with van der Waals surface area (Å²) in [5.41, 5.74) is 7.58. The standard InChI is InChI=1S/C35H35N5/c1-6-20-39-32-10-4-2-8-28(32)30-22-26(12-14-34(30)39)24-37-18-16-36-17-19-38-25-27-13-15-35-31(23-27)29-9-3-5-11-33(29)40(35)21-7-1/h2-5,8-15,22-25,36H,1,6-7,16-21H2. The monoisotopic (exact) mass is 525 g/mol. The molecule has 6 heterocycles. The number of fused-ring (bicyclic) bond motifs is 2. The van der Waals surface area contributed by atoms with E-state index in [1.165, 1.54) is 50.0 Å². The highest BCUT2D eigenvalue weighted by Crippen LogP contribution is 2.31. The molecule has 0 atom stereocenters. The minimum absolute atomic E-state index is 0.754. The van der Waals surface area contributed by atoms with E-state index in [9.17, 15) is 0 Å². The van der Waals surface area contributed by atoms with Crippen molar-refractivity contribution in [3.63, 3.8) is 0 Å². The predicted molar refractivity (Wildman–Crippen MR) is 171 cm³/mol. The number of aryl methyl sites for hydroxylation is 2. The van der Waals surface area contributed by atoms with Gasteiger partial charge in [0.25, 0.3) is 0 Å². The van der Waals surface area contributed by atoms with Crippen LogP contribution in [0.15, 0.2) is 94.9 Å². The van der Waals surface area contributed by atoms with Crippen LogP contribution < -0.4 is 5.32 Å². The van der Waals surface area contributed by atoms with Gasteiger partial charge in [0.05, 0.1) is 13.1 Å². The van der Waals surface area contributed by atoms with Crippen LogP contribution in [0.4, 0.5) is 0 Å². The molecule has 5 nitrogen and oxygen atoms in total. The molecule has 0 saturated carbocycles. The Morgan fingerprint density at radius 2 is 0.975 bits per heavy atom. The molecule has 0 unspecified atom stereocenters. The van der Waals surface area contributed by atoms with Crippen molar-refractivity contribution in [2.45, 2.75) is 32.4 Å². The summed E-state index contributed by atoms with van der Waals surface area (Å²) >= 11 is 0. The quantitative estimate of drug-likeness (QED) is 0.224. The van der Waals surface area contributed by atoms with Crippen molar-refractivity contribution in [2.24, 2.45) is 9.98 Å². The number of hydrogen-bond acceptors (Lipinski definition) is 3. The van der Waals surface area contributed by atoms with Crippen LogP contribution in [-0.2, 0) is 13.1 Å². The van der Waals surface area contributed by atoms with Gasteiger partial charge in [0, 0.05) is 82.2 Å². The lowest BCUT2D eigenvalue weighted by atomic mass is 10.1. The van der Waals surface area contributed by atoms with Gasteiger partial charge < -0.3 is 14.5 Å². The Bertz CT molecular complexity index is 1730. The van der Waals surface area contributed by atoms with Crippen LogP contribution in [0.5, 0.6) is 0 Å². The van der Waals surface area contributed by atoms with E-state index < -0.39 is 0 Å². The van der Waals surface area contributed by atoms with Crippen molar-refractivity contribution in [3.05, 3.63) is 96.1 Å². The van der Waals surface area contributed by atoms with E-state index in [0.29, 0.717) is 0 Å². The highest BCUT2D eigenvalue weighted by molar-refractivity contribution is 6.10. The van der Waals surface area contributed by atoms with Crippen LogP contribution in [0, 0.1) is 0 Å². The predicted octanol–water partition coefficient (Wildman–Crippen LogP) is 7.21. The van der Waals surface area contributed by atoms with Gasteiger partial charge in [0.1, 0.15) is 0 Å². The number of aliphatic imine (C=N–C) groups is 2. The van der Waals surface area contributed by atoms with E-state index >= 15 is 0 Å². The second-order valence-corrected chi connectivity index (χ2v) is 10.8. The molecule has 0 amide bonds. The fourth-order valence-corrected chi connectivity index (χ4v) is 6.25. The largest absolute Gasteiger partial charge is 0.340 e. The van der Waals surface area contributed by atoms with E-state index in [0.717, 1.165) is 63.2 Å². The molecule has 10 rings (SSSR count). The van der Waals surface area contributed by atoms with Gasteiger partial charge in [0.2, 0.25) is 0 Å². The van der Waals surface area contributed by atoms with Crippen molar-refractivity contribution in [1.29, 1.82) is 0 Å². The van der Waals surface area contributed by atoms with Crippen LogP contribution in [0.2, 0.25) is 0 Å². The number of hydrogen-bond donors (Lipinski definition) is 1. The molecule has 4 aliphatic rings. The van der Waals surface area contributed by atoms with E-state index in [2.05, 4.69) is 109 Å². The number of nitrogens with one attached hydrogen (secondary N) is 1. The summed E-state index contributed by atoms with van der Waals surface area (Å²) in [5, 5.41) is 8.74. The van der Waals surface area contributed by atoms with Gasteiger partial charge >= 0.3 is 0 Å². The molecule has 4 aromatic carbocycles. The average Bonchev–Trinajstić information content (AvgIpc) is 3.48. The molecule has 2 aromatic heterocycles. The molecule has 8 bridgehead atoms.